The van der Waals surface area contributed by atoms with Crippen LogP contribution in [-0.4, -0.2) is 24.2 Å². The molecule has 0 atom stereocenters. The molecule has 1 aromatic heterocycles. The third-order valence-electron chi connectivity index (χ3n) is 3.60. The van der Waals surface area contributed by atoms with E-state index >= 15 is 0 Å². The maximum atomic E-state index is 5.44. The molecule has 24 heavy (non-hydrogen) atoms. The summed E-state index contributed by atoms with van der Waals surface area (Å²) in [4.78, 5) is 8.75. The first kappa shape index (κ1) is 17.2. The van der Waals surface area contributed by atoms with Crippen LogP contribution in [0.2, 0.25) is 0 Å². The Bertz CT molecular complexity index is 889. The third kappa shape index (κ3) is 3.56. The van der Waals surface area contributed by atoms with E-state index in [2.05, 4.69) is 53.8 Å². The van der Waals surface area contributed by atoms with Gasteiger partial charge in [-0.2, -0.15) is 0 Å². The van der Waals surface area contributed by atoms with Crippen LogP contribution in [0.1, 0.15) is 5.56 Å². The summed E-state index contributed by atoms with van der Waals surface area (Å²) < 4.78 is 12.7. The molecule has 0 saturated carbocycles. The van der Waals surface area contributed by atoms with Crippen molar-refractivity contribution in [3.8, 4) is 11.5 Å². The van der Waals surface area contributed by atoms with E-state index in [9.17, 15) is 0 Å². The van der Waals surface area contributed by atoms with E-state index in [4.69, 9.17) is 9.47 Å². The van der Waals surface area contributed by atoms with E-state index in [0.717, 1.165) is 41.8 Å². The summed E-state index contributed by atoms with van der Waals surface area (Å²) >= 11 is 5.81. The SMILES string of the molecule is COc1ccc(CNc2ncnc3c(I)cc(Br)cc23)c(OC)c1. The Hall–Kier alpha value is -1.61. The van der Waals surface area contributed by atoms with Crippen LogP contribution >= 0.6 is 38.5 Å². The van der Waals surface area contributed by atoms with E-state index in [1.165, 1.54) is 0 Å². The Morgan fingerprint density at radius 3 is 2.71 bits per heavy atom. The predicted molar refractivity (Wildman–Crippen MR) is 107 cm³/mol. The van der Waals surface area contributed by atoms with Crippen molar-refractivity contribution >= 4 is 55.2 Å². The molecule has 0 aliphatic carbocycles. The normalized spacial score (nSPS) is 10.7. The Morgan fingerprint density at radius 1 is 1.12 bits per heavy atom. The molecule has 0 unspecified atom stereocenters. The summed E-state index contributed by atoms with van der Waals surface area (Å²) in [5, 5.41) is 4.35. The molecule has 2 aromatic carbocycles. The van der Waals surface area contributed by atoms with Crippen LogP contribution in [-0.2, 0) is 6.54 Å². The van der Waals surface area contributed by atoms with E-state index in [-0.39, 0.29) is 0 Å². The van der Waals surface area contributed by atoms with Gasteiger partial charge in [-0.05, 0) is 46.9 Å². The van der Waals surface area contributed by atoms with Gasteiger partial charge in [0.25, 0.3) is 0 Å². The van der Waals surface area contributed by atoms with Gasteiger partial charge in [0.05, 0.1) is 19.7 Å². The lowest BCUT2D eigenvalue weighted by atomic mass is 10.2. The van der Waals surface area contributed by atoms with Crippen molar-refractivity contribution in [3.63, 3.8) is 0 Å². The average Bonchev–Trinajstić information content (AvgIpc) is 2.59. The van der Waals surface area contributed by atoms with Gasteiger partial charge in [0.1, 0.15) is 23.6 Å². The van der Waals surface area contributed by atoms with Crippen molar-refractivity contribution < 1.29 is 9.47 Å². The molecule has 1 heterocycles. The van der Waals surface area contributed by atoms with Crippen molar-refractivity contribution in [2.45, 2.75) is 6.54 Å². The fourth-order valence-electron chi connectivity index (χ4n) is 2.41. The molecule has 0 radical (unpaired) electrons. The van der Waals surface area contributed by atoms with Gasteiger partial charge in [-0.3, -0.25) is 0 Å². The highest BCUT2D eigenvalue weighted by molar-refractivity contribution is 14.1. The Labute approximate surface area is 162 Å². The first-order valence-electron chi connectivity index (χ1n) is 7.17. The van der Waals surface area contributed by atoms with Gasteiger partial charge in [0, 0.05) is 31.6 Å². The van der Waals surface area contributed by atoms with Crippen LogP contribution in [0, 0.1) is 3.57 Å². The second-order valence-electron chi connectivity index (χ2n) is 5.04. The number of rotatable bonds is 5. The second kappa shape index (κ2) is 7.52. The van der Waals surface area contributed by atoms with Crippen LogP contribution in [0.4, 0.5) is 5.82 Å². The maximum absolute atomic E-state index is 5.44. The monoisotopic (exact) mass is 499 g/mol. The number of nitrogens with one attached hydrogen (secondary N) is 1. The Balaban J connectivity index is 1.91. The first-order chi connectivity index (χ1) is 11.6. The number of benzene rings is 2. The lowest BCUT2D eigenvalue weighted by Gasteiger charge is -2.13. The van der Waals surface area contributed by atoms with Gasteiger partial charge in [-0.15, -0.1) is 0 Å². The summed E-state index contributed by atoms with van der Waals surface area (Å²) in [6.45, 7) is 0.586. The number of anilines is 1. The van der Waals surface area contributed by atoms with Gasteiger partial charge in [-0.1, -0.05) is 15.9 Å². The number of halogens is 2. The molecule has 0 aliphatic rings. The highest BCUT2D eigenvalue weighted by Crippen LogP contribution is 2.29. The molecule has 0 aliphatic heterocycles. The molecule has 0 bridgehead atoms. The molecule has 0 amide bonds. The fourth-order valence-corrected chi connectivity index (χ4v) is 4.06. The maximum Gasteiger partial charge on any atom is 0.137 e. The number of fused-ring (bicyclic) bond motifs is 1. The molecule has 3 rings (SSSR count). The van der Waals surface area contributed by atoms with Crippen LogP contribution < -0.4 is 14.8 Å². The average molecular weight is 500 g/mol. The number of hydrogen-bond acceptors (Lipinski definition) is 5. The van der Waals surface area contributed by atoms with Gasteiger partial charge >= 0.3 is 0 Å². The fraction of sp³-hybridized carbons (Fsp3) is 0.176. The molecule has 0 saturated heterocycles. The minimum atomic E-state index is 0.586. The molecule has 0 spiro atoms. The minimum Gasteiger partial charge on any atom is -0.497 e. The van der Waals surface area contributed by atoms with Gasteiger partial charge in [-0.25, -0.2) is 9.97 Å². The predicted octanol–water partition coefficient (Wildman–Crippen LogP) is 4.63. The minimum absolute atomic E-state index is 0.586. The molecule has 3 aromatic rings. The Morgan fingerprint density at radius 2 is 1.96 bits per heavy atom. The van der Waals surface area contributed by atoms with Crippen LogP contribution in [0.3, 0.4) is 0 Å². The molecular formula is C17H15BrIN3O2. The molecule has 124 valence electrons. The summed E-state index contributed by atoms with van der Waals surface area (Å²) in [5.41, 5.74) is 1.95. The number of ether oxygens (including phenoxy) is 2. The zero-order valence-corrected chi connectivity index (χ0v) is 16.9. The number of aromatic nitrogens is 2. The van der Waals surface area contributed by atoms with E-state index < -0.39 is 0 Å². The molecule has 5 nitrogen and oxygen atoms in total. The van der Waals surface area contributed by atoms with Crippen molar-refractivity contribution in [2.24, 2.45) is 0 Å². The first-order valence-corrected chi connectivity index (χ1v) is 9.04. The molecule has 7 heteroatoms. The smallest absolute Gasteiger partial charge is 0.137 e. The highest BCUT2D eigenvalue weighted by atomic mass is 127. The van der Waals surface area contributed by atoms with Crippen molar-refractivity contribution in [3.05, 3.63) is 50.3 Å². The summed E-state index contributed by atoms with van der Waals surface area (Å²) in [6.07, 6.45) is 1.58. The number of hydrogen-bond donors (Lipinski definition) is 1. The Kier molecular flexibility index (Phi) is 5.40. The zero-order chi connectivity index (χ0) is 17.1. The largest absolute Gasteiger partial charge is 0.497 e. The van der Waals surface area contributed by atoms with E-state index in [0.29, 0.717) is 6.54 Å². The topological polar surface area (TPSA) is 56.3 Å². The zero-order valence-electron chi connectivity index (χ0n) is 13.1. The lowest BCUT2D eigenvalue weighted by molar-refractivity contribution is 0.391. The standard InChI is InChI=1S/C17H15BrIN3O2/c1-23-12-4-3-10(15(7-12)24-2)8-20-17-13-5-11(18)6-14(19)16(13)21-9-22-17/h3-7,9H,8H2,1-2H3,(H,20,21,22). The molecule has 0 fully saturated rings. The quantitative estimate of drug-likeness (QED) is 0.519. The van der Waals surface area contributed by atoms with E-state index in [1.54, 1.807) is 20.5 Å². The molecular weight excluding hydrogens is 485 g/mol. The van der Waals surface area contributed by atoms with Crippen molar-refractivity contribution in [2.75, 3.05) is 19.5 Å². The van der Waals surface area contributed by atoms with Crippen LogP contribution in [0.15, 0.2) is 41.1 Å². The number of methoxy groups -OCH3 is 2. The van der Waals surface area contributed by atoms with Gasteiger partial charge < -0.3 is 14.8 Å². The van der Waals surface area contributed by atoms with E-state index in [1.807, 2.05) is 30.3 Å². The molecule has 1 N–H and O–H groups in total. The van der Waals surface area contributed by atoms with Crippen molar-refractivity contribution in [1.82, 2.24) is 9.97 Å². The summed E-state index contributed by atoms with van der Waals surface area (Å²) in [5.74, 6) is 2.33. The van der Waals surface area contributed by atoms with Gasteiger partial charge in [0.2, 0.25) is 0 Å². The summed E-state index contributed by atoms with van der Waals surface area (Å²) in [6, 6.07) is 9.82. The lowest BCUT2D eigenvalue weighted by Crippen LogP contribution is -2.04. The van der Waals surface area contributed by atoms with Crippen molar-refractivity contribution in [1.29, 1.82) is 0 Å². The van der Waals surface area contributed by atoms with Gasteiger partial charge in [0.15, 0.2) is 0 Å². The number of nitrogens with zero attached hydrogens (tertiary/aromatic N) is 2. The summed E-state index contributed by atoms with van der Waals surface area (Å²) in [7, 11) is 3.29. The second-order valence-corrected chi connectivity index (χ2v) is 7.12. The van der Waals surface area contributed by atoms with Crippen LogP contribution in [0.25, 0.3) is 10.9 Å². The highest BCUT2D eigenvalue weighted by Gasteiger charge is 2.10. The van der Waals surface area contributed by atoms with Crippen LogP contribution in [0.5, 0.6) is 11.5 Å². The third-order valence-corrected chi connectivity index (χ3v) is 4.88.